The van der Waals surface area contributed by atoms with Crippen molar-refractivity contribution in [3.63, 3.8) is 0 Å². The fourth-order valence-corrected chi connectivity index (χ4v) is 2.13. The van der Waals surface area contributed by atoms with Crippen LogP contribution in [0.4, 0.5) is 11.4 Å². The highest BCUT2D eigenvalue weighted by Crippen LogP contribution is 2.33. The molecule has 2 aromatic rings. The summed E-state index contributed by atoms with van der Waals surface area (Å²) < 4.78 is 5.32. The number of amides is 1. The van der Waals surface area contributed by atoms with Crippen LogP contribution in [0.5, 0.6) is 11.5 Å². The summed E-state index contributed by atoms with van der Waals surface area (Å²) in [5.74, 6) is -0.942. The molecular weight excluding hydrogens is 372 g/mol. The summed E-state index contributed by atoms with van der Waals surface area (Å²) in [4.78, 5) is 31.7. The van der Waals surface area contributed by atoms with Crippen LogP contribution >= 0.6 is 0 Å². The number of non-ortho nitro benzene ring substituents is 1. The Morgan fingerprint density at radius 3 is 2.50 bits per heavy atom. The number of phenolic OH excluding ortho intramolecular Hbond substituents is 1. The van der Waals surface area contributed by atoms with Crippen LogP contribution < -0.4 is 10.2 Å². The van der Waals surface area contributed by atoms with Crippen molar-refractivity contribution in [3.8, 4) is 11.5 Å². The molecule has 0 spiro atoms. The van der Waals surface area contributed by atoms with Gasteiger partial charge in [-0.3, -0.25) is 25.0 Å². The maximum atomic E-state index is 11.8. The normalized spacial score (nSPS) is 10.6. The van der Waals surface area contributed by atoms with Crippen molar-refractivity contribution >= 4 is 23.5 Å². The average molecular weight is 388 g/mol. The fraction of sp³-hybridized carbons (Fsp3) is 0.176. The van der Waals surface area contributed by atoms with E-state index in [0.717, 1.165) is 23.4 Å². The number of hydrogen-bond acceptors (Lipinski definition) is 8. The van der Waals surface area contributed by atoms with Crippen molar-refractivity contribution in [1.82, 2.24) is 5.43 Å². The van der Waals surface area contributed by atoms with Crippen LogP contribution in [-0.2, 0) is 4.79 Å². The van der Waals surface area contributed by atoms with Gasteiger partial charge >= 0.3 is 5.69 Å². The lowest BCUT2D eigenvalue weighted by molar-refractivity contribution is -0.394. The second-order valence-electron chi connectivity index (χ2n) is 5.74. The minimum Gasteiger partial charge on any atom is -0.502 e. The van der Waals surface area contributed by atoms with Crippen LogP contribution in [-0.4, -0.2) is 33.7 Å². The molecule has 0 bridgehead atoms. The second-order valence-corrected chi connectivity index (χ2v) is 5.74. The third-order valence-electron chi connectivity index (χ3n) is 3.75. The zero-order chi connectivity index (χ0) is 20.8. The molecule has 11 heteroatoms. The first-order valence-corrected chi connectivity index (χ1v) is 7.86. The SMILES string of the molecule is Cc1ccc(OCC(=O)N/N=C\c2cc([N+](=O)[O-])cc([N+](=O)[O-])c2O)cc1C. The van der Waals surface area contributed by atoms with E-state index in [1.165, 1.54) is 0 Å². The highest BCUT2D eigenvalue weighted by molar-refractivity contribution is 5.88. The molecule has 0 aliphatic carbocycles. The lowest BCUT2D eigenvalue weighted by atomic mass is 10.1. The van der Waals surface area contributed by atoms with Gasteiger partial charge in [0.2, 0.25) is 5.75 Å². The first kappa shape index (κ1) is 20.3. The minimum atomic E-state index is -0.963. The van der Waals surface area contributed by atoms with E-state index in [2.05, 4.69) is 10.5 Å². The highest BCUT2D eigenvalue weighted by Gasteiger charge is 2.23. The Bertz CT molecular complexity index is 972. The second kappa shape index (κ2) is 8.58. The summed E-state index contributed by atoms with van der Waals surface area (Å²) in [5.41, 5.74) is 2.44. The molecular formula is C17H16N4O7. The van der Waals surface area contributed by atoms with Gasteiger partial charge in [0.25, 0.3) is 11.6 Å². The summed E-state index contributed by atoms with van der Waals surface area (Å²) >= 11 is 0. The van der Waals surface area contributed by atoms with Crippen molar-refractivity contribution in [1.29, 1.82) is 0 Å². The van der Waals surface area contributed by atoms with Gasteiger partial charge in [-0.1, -0.05) is 6.07 Å². The van der Waals surface area contributed by atoms with Crippen LogP contribution in [0.25, 0.3) is 0 Å². The van der Waals surface area contributed by atoms with Gasteiger partial charge in [-0.05, 0) is 37.1 Å². The molecule has 146 valence electrons. The topological polar surface area (TPSA) is 157 Å². The van der Waals surface area contributed by atoms with Crippen molar-refractivity contribution in [2.24, 2.45) is 5.10 Å². The molecule has 0 saturated heterocycles. The number of ether oxygens (including phenoxy) is 1. The van der Waals surface area contributed by atoms with Crippen molar-refractivity contribution in [2.45, 2.75) is 13.8 Å². The third kappa shape index (κ3) is 5.00. The molecule has 0 heterocycles. The maximum Gasteiger partial charge on any atom is 0.318 e. The van der Waals surface area contributed by atoms with Gasteiger partial charge in [0.05, 0.1) is 27.7 Å². The van der Waals surface area contributed by atoms with Gasteiger partial charge in [-0.15, -0.1) is 0 Å². The number of carbonyl (C=O) groups excluding carboxylic acids is 1. The van der Waals surface area contributed by atoms with Crippen LogP contribution in [0, 0.1) is 34.1 Å². The number of phenols is 1. The van der Waals surface area contributed by atoms with Gasteiger partial charge in [-0.25, -0.2) is 5.43 Å². The smallest absolute Gasteiger partial charge is 0.318 e. The molecule has 0 aliphatic heterocycles. The summed E-state index contributed by atoms with van der Waals surface area (Å²) in [5, 5.41) is 35.1. The largest absolute Gasteiger partial charge is 0.502 e. The van der Waals surface area contributed by atoms with E-state index in [4.69, 9.17) is 4.74 Å². The van der Waals surface area contributed by atoms with Crippen molar-refractivity contribution < 1.29 is 24.5 Å². The molecule has 2 rings (SSSR count). The van der Waals surface area contributed by atoms with E-state index in [1.807, 2.05) is 19.9 Å². The molecule has 11 nitrogen and oxygen atoms in total. The van der Waals surface area contributed by atoms with Gasteiger partial charge in [-0.2, -0.15) is 5.10 Å². The number of rotatable bonds is 7. The number of benzene rings is 2. The molecule has 0 atom stereocenters. The van der Waals surface area contributed by atoms with Gasteiger partial charge in [0, 0.05) is 6.07 Å². The predicted octanol–water partition coefficient (Wildman–Crippen LogP) is 2.35. The summed E-state index contributed by atoms with van der Waals surface area (Å²) in [6.45, 7) is 3.49. The molecule has 0 aromatic heterocycles. The standard InChI is InChI=1S/C17H16N4O7/c1-10-3-4-14(5-11(10)2)28-9-16(22)19-18-8-12-6-13(20(24)25)7-15(17(12)23)21(26)27/h3-8,23H,9H2,1-2H3,(H,19,22)/b18-8-. The molecule has 0 aliphatic rings. The first-order chi connectivity index (χ1) is 13.2. The average Bonchev–Trinajstić information content (AvgIpc) is 2.63. The number of aromatic hydroxyl groups is 1. The number of carbonyl (C=O) groups is 1. The van der Waals surface area contributed by atoms with E-state index in [1.54, 1.807) is 12.1 Å². The Hall–Kier alpha value is -4.02. The summed E-state index contributed by atoms with van der Waals surface area (Å²) in [7, 11) is 0. The van der Waals surface area contributed by atoms with Gasteiger partial charge < -0.3 is 9.84 Å². The van der Waals surface area contributed by atoms with E-state index in [-0.39, 0.29) is 12.2 Å². The van der Waals surface area contributed by atoms with E-state index in [9.17, 15) is 30.1 Å². The molecule has 2 aromatic carbocycles. The molecule has 0 radical (unpaired) electrons. The van der Waals surface area contributed by atoms with Gasteiger partial charge in [0.1, 0.15) is 5.75 Å². The molecule has 0 fully saturated rings. The Morgan fingerprint density at radius 2 is 1.89 bits per heavy atom. The van der Waals surface area contributed by atoms with E-state index < -0.39 is 32.9 Å². The maximum absolute atomic E-state index is 11.8. The van der Waals surface area contributed by atoms with E-state index >= 15 is 0 Å². The number of hydrazone groups is 1. The van der Waals surface area contributed by atoms with Crippen molar-refractivity contribution in [3.05, 3.63) is 67.3 Å². The monoisotopic (exact) mass is 388 g/mol. The van der Waals surface area contributed by atoms with E-state index in [0.29, 0.717) is 11.8 Å². The number of nitro groups is 2. The summed E-state index contributed by atoms with van der Waals surface area (Å²) in [6, 6.07) is 6.84. The zero-order valence-corrected chi connectivity index (χ0v) is 14.9. The van der Waals surface area contributed by atoms with Crippen molar-refractivity contribution in [2.75, 3.05) is 6.61 Å². The minimum absolute atomic E-state index is 0.295. The van der Waals surface area contributed by atoms with Crippen LogP contribution in [0.1, 0.15) is 16.7 Å². The number of nitrogens with one attached hydrogen (secondary N) is 1. The molecule has 0 unspecified atom stereocenters. The lowest BCUT2D eigenvalue weighted by Gasteiger charge is -2.07. The number of aryl methyl sites for hydroxylation is 2. The Kier molecular flexibility index (Phi) is 6.22. The Balaban J connectivity index is 2.05. The van der Waals surface area contributed by atoms with Crippen LogP contribution in [0.15, 0.2) is 35.4 Å². The Morgan fingerprint density at radius 1 is 1.18 bits per heavy atom. The first-order valence-electron chi connectivity index (χ1n) is 7.86. The number of nitrogens with zero attached hydrogens (tertiary/aromatic N) is 3. The molecule has 28 heavy (non-hydrogen) atoms. The van der Waals surface area contributed by atoms with Gasteiger partial charge in [0.15, 0.2) is 6.61 Å². The zero-order valence-electron chi connectivity index (χ0n) is 14.9. The van der Waals surface area contributed by atoms with Crippen LogP contribution in [0.3, 0.4) is 0 Å². The highest BCUT2D eigenvalue weighted by atomic mass is 16.6. The molecule has 0 saturated carbocycles. The van der Waals surface area contributed by atoms with Crippen LogP contribution in [0.2, 0.25) is 0 Å². The number of nitro benzene ring substituents is 2. The quantitative estimate of drug-likeness (QED) is 0.418. The third-order valence-corrected chi connectivity index (χ3v) is 3.75. The molecule has 2 N–H and O–H groups in total. The Labute approximate surface area is 158 Å². The predicted molar refractivity (Wildman–Crippen MR) is 98.6 cm³/mol. The number of hydrogen-bond donors (Lipinski definition) is 2. The lowest BCUT2D eigenvalue weighted by Crippen LogP contribution is -2.24. The molecule has 1 amide bonds. The fourth-order valence-electron chi connectivity index (χ4n) is 2.13. The summed E-state index contributed by atoms with van der Waals surface area (Å²) in [6.07, 6.45) is 0.864.